The summed E-state index contributed by atoms with van der Waals surface area (Å²) in [6.45, 7) is 4.93. The molecule has 0 aliphatic carbocycles. The van der Waals surface area contributed by atoms with Gasteiger partial charge in [-0.2, -0.15) is 5.10 Å². The molecule has 0 amide bonds. The standard InChI is InChI=1S/C14H15N3S/c1-9-10(2)16-17-14(9)15-7-11-8-18-13-6-4-3-5-12(11)13/h3-6,8H,7H2,1-2H3,(H2,15,16,17). The first-order chi connectivity index (χ1) is 8.75. The van der Waals surface area contributed by atoms with Crippen LogP contribution in [0.15, 0.2) is 29.6 Å². The van der Waals surface area contributed by atoms with Crippen LogP contribution in [-0.4, -0.2) is 10.2 Å². The van der Waals surface area contributed by atoms with E-state index in [1.54, 1.807) is 11.3 Å². The molecule has 0 saturated heterocycles. The Hall–Kier alpha value is -1.81. The molecule has 4 heteroatoms. The van der Waals surface area contributed by atoms with Crippen molar-refractivity contribution in [3.05, 3.63) is 46.5 Å². The molecule has 0 spiro atoms. The van der Waals surface area contributed by atoms with Crippen LogP contribution in [0.3, 0.4) is 0 Å². The van der Waals surface area contributed by atoms with Gasteiger partial charge in [0.25, 0.3) is 0 Å². The minimum absolute atomic E-state index is 0.815. The molecule has 92 valence electrons. The van der Waals surface area contributed by atoms with Gasteiger partial charge in [0.2, 0.25) is 0 Å². The fourth-order valence-corrected chi connectivity index (χ4v) is 2.97. The summed E-state index contributed by atoms with van der Waals surface area (Å²) in [7, 11) is 0. The molecule has 1 aromatic carbocycles. The molecule has 3 rings (SSSR count). The van der Waals surface area contributed by atoms with E-state index < -0.39 is 0 Å². The van der Waals surface area contributed by atoms with E-state index in [-0.39, 0.29) is 0 Å². The molecule has 2 aromatic heterocycles. The van der Waals surface area contributed by atoms with Gasteiger partial charge in [-0.05, 0) is 36.2 Å². The summed E-state index contributed by atoms with van der Waals surface area (Å²) < 4.78 is 1.34. The maximum absolute atomic E-state index is 4.26. The molecule has 0 unspecified atom stereocenters. The maximum atomic E-state index is 4.26. The predicted molar refractivity (Wildman–Crippen MR) is 77.2 cm³/mol. The van der Waals surface area contributed by atoms with Crippen molar-refractivity contribution in [3.63, 3.8) is 0 Å². The molecule has 0 radical (unpaired) electrons. The Balaban J connectivity index is 1.83. The molecule has 0 atom stereocenters. The molecule has 0 bridgehead atoms. The number of aryl methyl sites for hydroxylation is 1. The summed E-state index contributed by atoms with van der Waals surface area (Å²) >= 11 is 1.79. The first-order valence-corrected chi connectivity index (χ1v) is 6.84. The number of aromatic amines is 1. The second-order valence-corrected chi connectivity index (χ2v) is 5.34. The Morgan fingerprint density at radius 3 is 2.89 bits per heavy atom. The largest absolute Gasteiger partial charge is 0.364 e. The van der Waals surface area contributed by atoms with Crippen molar-refractivity contribution in [2.24, 2.45) is 0 Å². The first-order valence-electron chi connectivity index (χ1n) is 5.96. The van der Waals surface area contributed by atoms with Crippen LogP contribution in [0.4, 0.5) is 5.82 Å². The van der Waals surface area contributed by atoms with Gasteiger partial charge in [-0.1, -0.05) is 18.2 Å². The Labute approximate surface area is 110 Å². The quantitative estimate of drug-likeness (QED) is 0.748. The number of benzene rings is 1. The highest BCUT2D eigenvalue weighted by Crippen LogP contribution is 2.26. The van der Waals surface area contributed by atoms with Gasteiger partial charge in [0.15, 0.2) is 5.82 Å². The number of aromatic nitrogens is 2. The van der Waals surface area contributed by atoms with Crippen molar-refractivity contribution in [2.45, 2.75) is 20.4 Å². The van der Waals surface area contributed by atoms with Crippen molar-refractivity contribution in [1.29, 1.82) is 0 Å². The Morgan fingerprint density at radius 1 is 1.28 bits per heavy atom. The maximum Gasteiger partial charge on any atom is 0.151 e. The van der Waals surface area contributed by atoms with Crippen molar-refractivity contribution < 1.29 is 0 Å². The number of H-pyrrole nitrogens is 1. The minimum Gasteiger partial charge on any atom is -0.364 e. The molecule has 0 aliphatic heterocycles. The molecule has 0 fully saturated rings. The van der Waals surface area contributed by atoms with Gasteiger partial charge in [-0.25, -0.2) is 0 Å². The van der Waals surface area contributed by atoms with E-state index in [0.29, 0.717) is 0 Å². The van der Waals surface area contributed by atoms with Crippen LogP contribution in [-0.2, 0) is 6.54 Å². The van der Waals surface area contributed by atoms with Gasteiger partial charge < -0.3 is 5.32 Å². The van der Waals surface area contributed by atoms with Crippen LogP contribution in [0.5, 0.6) is 0 Å². The number of nitrogens with one attached hydrogen (secondary N) is 2. The highest BCUT2D eigenvalue weighted by Gasteiger charge is 2.07. The molecule has 0 aliphatic rings. The lowest BCUT2D eigenvalue weighted by atomic mass is 10.2. The van der Waals surface area contributed by atoms with E-state index in [4.69, 9.17) is 0 Å². The SMILES string of the molecule is Cc1[nH]nc(NCc2csc3ccccc23)c1C. The summed E-state index contributed by atoms with van der Waals surface area (Å²) in [5, 5.41) is 14.2. The van der Waals surface area contributed by atoms with Gasteiger partial charge in [0, 0.05) is 22.5 Å². The zero-order chi connectivity index (χ0) is 12.5. The Bertz CT molecular complexity index is 681. The zero-order valence-electron chi connectivity index (χ0n) is 10.4. The fraction of sp³-hybridized carbons (Fsp3) is 0.214. The van der Waals surface area contributed by atoms with Gasteiger partial charge in [-0.15, -0.1) is 11.3 Å². The van der Waals surface area contributed by atoms with Crippen LogP contribution in [0, 0.1) is 13.8 Å². The van der Waals surface area contributed by atoms with Crippen LogP contribution in [0.1, 0.15) is 16.8 Å². The van der Waals surface area contributed by atoms with E-state index in [1.165, 1.54) is 21.2 Å². The molecule has 2 heterocycles. The third-order valence-electron chi connectivity index (χ3n) is 3.26. The van der Waals surface area contributed by atoms with E-state index >= 15 is 0 Å². The van der Waals surface area contributed by atoms with E-state index in [9.17, 15) is 0 Å². The fourth-order valence-electron chi connectivity index (χ4n) is 2.01. The number of hydrogen-bond acceptors (Lipinski definition) is 3. The van der Waals surface area contributed by atoms with Crippen molar-refractivity contribution in [3.8, 4) is 0 Å². The van der Waals surface area contributed by atoms with Crippen LogP contribution in [0.25, 0.3) is 10.1 Å². The normalized spacial score (nSPS) is 11.0. The molecular formula is C14H15N3S. The molecule has 2 N–H and O–H groups in total. The van der Waals surface area contributed by atoms with Crippen LogP contribution < -0.4 is 5.32 Å². The second kappa shape index (κ2) is 4.46. The second-order valence-electron chi connectivity index (χ2n) is 4.43. The van der Waals surface area contributed by atoms with Gasteiger partial charge >= 0.3 is 0 Å². The zero-order valence-corrected chi connectivity index (χ0v) is 11.3. The van der Waals surface area contributed by atoms with E-state index in [0.717, 1.165) is 18.1 Å². The molecular weight excluding hydrogens is 242 g/mol. The Morgan fingerprint density at radius 2 is 2.11 bits per heavy atom. The number of thiophene rings is 1. The van der Waals surface area contributed by atoms with Crippen molar-refractivity contribution in [1.82, 2.24) is 10.2 Å². The first kappa shape index (κ1) is 11.3. The monoisotopic (exact) mass is 257 g/mol. The highest BCUT2D eigenvalue weighted by atomic mass is 32.1. The van der Waals surface area contributed by atoms with Crippen LogP contribution in [0.2, 0.25) is 0 Å². The van der Waals surface area contributed by atoms with Crippen molar-refractivity contribution in [2.75, 3.05) is 5.32 Å². The van der Waals surface area contributed by atoms with Gasteiger partial charge in [0.05, 0.1) is 0 Å². The van der Waals surface area contributed by atoms with E-state index in [2.05, 4.69) is 52.1 Å². The van der Waals surface area contributed by atoms with E-state index in [1.807, 2.05) is 6.92 Å². The average Bonchev–Trinajstić information content (AvgIpc) is 2.94. The number of nitrogens with zero attached hydrogens (tertiary/aromatic N) is 1. The lowest BCUT2D eigenvalue weighted by molar-refractivity contribution is 1.03. The Kier molecular flexibility index (Phi) is 2.80. The third kappa shape index (κ3) is 1.88. The smallest absolute Gasteiger partial charge is 0.151 e. The van der Waals surface area contributed by atoms with Gasteiger partial charge in [-0.3, -0.25) is 5.10 Å². The molecule has 0 saturated carbocycles. The minimum atomic E-state index is 0.815. The lowest BCUT2D eigenvalue weighted by Gasteiger charge is -2.03. The topological polar surface area (TPSA) is 40.7 Å². The summed E-state index contributed by atoms with van der Waals surface area (Å²) in [4.78, 5) is 0. The predicted octanol–water partition coefficient (Wildman–Crippen LogP) is 3.85. The number of hydrogen-bond donors (Lipinski definition) is 2. The summed E-state index contributed by atoms with van der Waals surface area (Å²) in [6.07, 6.45) is 0. The average molecular weight is 257 g/mol. The summed E-state index contributed by atoms with van der Waals surface area (Å²) in [5.74, 6) is 0.947. The third-order valence-corrected chi connectivity index (χ3v) is 4.27. The molecule has 3 nitrogen and oxygen atoms in total. The summed E-state index contributed by atoms with van der Waals surface area (Å²) in [5.41, 5.74) is 3.64. The molecule has 18 heavy (non-hydrogen) atoms. The number of anilines is 1. The van der Waals surface area contributed by atoms with Crippen LogP contribution >= 0.6 is 11.3 Å². The highest BCUT2D eigenvalue weighted by molar-refractivity contribution is 7.17. The van der Waals surface area contributed by atoms with Crippen molar-refractivity contribution >= 4 is 27.2 Å². The number of fused-ring (bicyclic) bond motifs is 1. The molecule has 3 aromatic rings. The lowest BCUT2D eigenvalue weighted by Crippen LogP contribution is -2.00. The van der Waals surface area contributed by atoms with Gasteiger partial charge in [0.1, 0.15) is 0 Å². The number of rotatable bonds is 3. The summed E-state index contributed by atoms with van der Waals surface area (Å²) in [6, 6.07) is 8.50.